The maximum absolute atomic E-state index is 5.86. The molecular weight excluding hydrogens is 417 g/mol. The van der Waals surface area contributed by atoms with Crippen molar-refractivity contribution in [2.24, 2.45) is 5.16 Å². The zero-order chi connectivity index (χ0) is 18.0. The van der Waals surface area contributed by atoms with E-state index in [0.717, 1.165) is 56.3 Å². The van der Waals surface area contributed by atoms with E-state index in [1.54, 1.807) is 6.21 Å². The molecule has 0 aromatic heterocycles. The van der Waals surface area contributed by atoms with Gasteiger partial charge in [0.25, 0.3) is 0 Å². The van der Waals surface area contributed by atoms with E-state index in [2.05, 4.69) is 45.3 Å². The number of rotatable bonds is 8. The van der Waals surface area contributed by atoms with Crippen LogP contribution in [0.1, 0.15) is 11.1 Å². The summed E-state index contributed by atoms with van der Waals surface area (Å²) in [6.45, 7) is 7.12. The van der Waals surface area contributed by atoms with Crippen LogP contribution < -0.4 is 0 Å². The van der Waals surface area contributed by atoms with E-state index in [0.29, 0.717) is 6.61 Å². The first kappa shape index (κ1) is 24.7. The molecule has 1 saturated heterocycles. The molecule has 0 spiro atoms. The van der Waals surface area contributed by atoms with Gasteiger partial charge in [-0.2, -0.15) is 0 Å². The number of hydrogen-bond acceptors (Lipinski definition) is 4. The second-order valence-corrected chi connectivity index (χ2v) is 6.97. The van der Waals surface area contributed by atoms with E-state index in [1.165, 1.54) is 5.56 Å². The van der Waals surface area contributed by atoms with Gasteiger partial charge in [-0.25, -0.2) is 0 Å². The first-order valence-corrected chi connectivity index (χ1v) is 9.57. The number of benzene rings is 2. The topological polar surface area (TPSA) is 28.1 Å². The van der Waals surface area contributed by atoms with Crippen LogP contribution in [0.25, 0.3) is 0 Å². The average molecular weight is 445 g/mol. The number of hydrogen-bond donors (Lipinski definition) is 0. The molecule has 2 aromatic carbocycles. The van der Waals surface area contributed by atoms with Crippen molar-refractivity contribution in [2.75, 3.05) is 45.9 Å². The summed E-state index contributed by atoms with van der Waals surface area (Å²) < 4.78 is 0. The maximum Gasteiger partial charge on any atom is 0.129 e. The minimum atomic E-state index is 0. The lowest BCUT2D eigenvalue weighted by Crippen LogP contribution is -2.47. The average Bonchev–Trinajstić information content (AvgIpc) is 2.69. The third kappa shape index (κ3) is 8.80. The zero-order valence-electron chi connectivity index (χ0n) is 15.9. The minimum Gasteiger partial charge on any atom is -0.394 e. The predicted molar refractivity (Wildman–Crippen MR) is 123 cm³/mol. The van der Waals surface area contributed by atoms with Gasteiger partial charge in [0.2, 0.25) is 0 Å². The lowest BCUT2D eigenvalue weighted by Gasteiger charge is -2.34. The summed E-state index contributed by atoms with van der Waals surface area (Å²) in [7, 11) is 0. The molecule has 7 heteroatoms. The van der Waals surface area contributed by atoms with E-state index >= 15 is 0 Å². The second-order valence-electron chi connectivity index (χ2n) is 6.54. The summed E-state index contributed by atoms with van der Waals surface area (Å²) >= 11 is 5.86. The molecule has 2 aromatic rings. The van der Waals surface area contributed by atoms with Gasteiger partial charge >= 0.3 is 0 Å². The first-order chi connectivity index (χ1) is 12.8. The van der Waals surface area contributed by atoms with Gasteiger partial charge in [0.1, 0.15) is 6.61 Å². The summed E-state index contributed by atoms with van der Waals surface area (Å²) in [4.78, 5) is 10.4. The highest BCUT2D eigenvalue weighted by molar-refractivity contribution is 6.30. The summed E-state index contributed by atoms with van der Waals surface area (Å²) in [5, 5.41) is 4.76. The Hall–Kier alpha value is -1.30. The van der Waals surface area contributed by atoms with Crippen LogP contribution in [0.2, 0.25) is 5.02 Å². The standard InChI is InChI=1S/C21H26ClN3O.2ClH/c22-21-8-6-20(7-9-21)18-23-26-17-16-25-14-12-24(13-15-25)11-10-19-4-2-1-3-5-19;;/h1-9,18H,10-17H2;2*1H/b23-18+;;. The Bertz CT molecular complexity index is 675. The Morgan fingerprint density at radius 2 is 1.46 bits per heavy atom. The Morgan fingerprint density at radius 1 is 0.857 bits per heavy atom. The van der Waals surface area contributed by atoms with Gasteiger partial charge in [-0.1, -0.05) is 59.2 Å². The second kappa shape index (κ2) is 13.8. The predicted octanol–water partition coefficient (Wildman–Crippen LogP) is 4.39. The number of oxime groups is 1. The molecule has 0 radical (unpaired) electrons. The lowest BCUT2D eigenvalue weighted by atomic mass is 10.1. The van der Waals surface area contributed by atoms with Crippen LogP contribution in [0.4, 0.5) is 0 Å². The van der Waals surface area contributed by atoms with E-state index in [-0.39, 0.29) is 24.8 Å². The van der Waals surface area contributed by atoms with Gasteiger partial charge in [-0.05, 0) is 29.7 Å². The molecule has 0 atom stereocenters. The van der Waals surface area contributed by atoms with Gasteiger partial charge in [-0.3, -0.25) is 4.90 Å². The molecule has 0 saturated carbocycles. The molecule has 28 heavy (non-hydrogen) atoms. The highest BCUT2D eigenvalue weighted by atomic mass is 35.5. The molecule has 1 aliphatic heterocycles. The molecular formula is C21H28Cl3N3O. The monoisotopic (exact) mass is 443 g/mol. The number of piperazine rings is 1. The largest absolute Gasteiger partial charge is 0.394 e. The van der Waals surface area contributed by atoms with E-state index < -0.39 is 0 Å². The highest BCUT2D eigenvalue weighted by Gasteiger charge is 2.16. The van der Waals surface area contributed by atoms with Crippen LogP contribution in [-0.4, -0.2) is 61.9 Å². The van der Waals surface area contributed by atoms with Crippen molar-refractivity contribution in [3.8, 4) is 0 Å². The molecule has 0 bridgehead atoms. The van der Waals surface area contributed by atoms with Crippen molar-refractivity contribution in [3.63, 3.8) is 0 Å². The normalized spacial score (nSPS) is 15.0. The van der Waals surface area contributed by atoms with Crippen LogP contribution in [0, 0.1) is 0 Å². The van der Waals surface area contributed by atoms with Gasteiger partial charge in [0.15, 0.2) is 0 Å². The van der Waals surface area contributed by atoms with E-state index in [4.69, 9.17) is 16.4 Å². The smallest absolute Gasteiger partial charge is 0.129 e. The van der Waals surface area contributed by atoms with Gasteiger partial charge in [0.05, 0.1) is 6.21 Å². The van der Waals surface area contributed by atoms with E-state index in [9.17, 15) is 0 Å². The minimum absolute atomic E-state index is 0. The third-order valence-corrected chi connectivity index (χ3v) is 4.92. The molecule has 0 aliphatic carbocycles. The van der Waals surface area contributed by atoms with Crippen LogP contribution in [0.5, 0.6) is 0 Å². The Morgan fingerprint density at radius 3 is 2.11 bits per heavy atom. The van der Waals surface area contributed by atoms with Crippen molar-refractivity contribution in [2.45, 2.75) is 6.42 Å². The molecule has 0 N–H and O–H groups in total. The van der Waals surface area contributed by atoms with Crippen LogP contribution in [-0.2, 0) is 11.3 Å². The number of halogens is 3. The molecule has 1 aliphatic rings. The Labute approximate surface area is 185 Å². The maximum atomic E-state index is 5.86. The third-order valence-electron chi connectivity index (χ3n) is 4.67. The molecule has 1 heterocycles. The number of nitrogens with zero attached hydrogens (tertiary/aromatic N) is 3. The van der Waals surface area contributed by atoms with Crippen molar-refractivity contribution in [1.82, 2.24) is 9.80 Å². The summed E-state index contributed by atoms with van der Waals surface area (Å²) in [6.07, 6.45) is 2.85. The van der Waals surface area contributed by atoms with Crippen molar-refractivity contribution >= 4 is 42.6 Å². The fraction of sp³-hybridized carbons (Fsp3) is 0.381. The van der Waals surface area contributed by atoms with Crippen LogP contribution in [0.15, 0.2) is 59.8 Å². The molecule has 0 amide bonds. The summed E-state index contributed by atoms with van der Waals surface area (Å²) in [6, 6.07) is 18.2. The highest BCUT2D eigenvalue weighted by Crippen LogP contribution is 2.08. The van der Waals surface area contributed by atoms with Gasteiger partial charge < -0.3 is 9.74 Å². The molecule has 0 unspecified atom stereocenters. The van der Waals surface area contributed by atoms with Crippen LogP contribution in [0.3, 0.4) is 0 Å². The van der Waals surface area contributed by atoms with Crippen molar-refractivity contribution in [3.05, 3.63) is 70.7 Å². The fourth-order valence-corrected chi connectivity index (χ4v) is 3.16. The fourth-order valence-electron chi connectivity index (χ4n) is 3.04. The first-order valence-electron chi connectivity index (χ1n) is 9.19. The SMILES string of the molecule is Cl.Cl.Clc1ccc(/C=N/OCCN2CCN(CCc3ccccc3)CC2)cc1. The molecule has 3 rings (SSSR count). The Balaban J connectivity index is 0.00000196. The van der Waals surface area contributed by atoms with E-state index in [1.807, 2.05) is 24.3 Å². The zero-order valence-corrected chi connectivity index (χ0v) is 18.3. The molecule has 4 nitrogen and oxygen atoms in total. The summed E-state index contributed by atoms with van der Waals surface area (Å²) in [5.41, 5.74) is 2.41. The Kier molecular flexibility index (Phi) is 12.2. The van der Waals surface area contributed by atoms with Crippen molar-refractivity contribution in [1.29, 1.82) is 0 Å². The summed E-state index contributed by atoms with van der Waals surface area (Å²) in [5.74, 6) is 0. The lowest BCUT2D eigenvalue weighted by molar-refractivity contribution is 0.0800. The molecule has 1 fully saturated rings. The quantitative estimate of drug-likeness (QED) is 0.343. The van der Waals surface area contributed by atoms with Crippen LogP contribution >= 0.6 is 36.4 Å². The van der Waals surface area contributed by atoms with Gasteiger partial charge in [-0.15, -0.1) is 24.8 Å². The molecule has 154 valence electrons. The van der Waals surface area contributed by atoms with Gasteiger partial charge in [0, 0.05) is 44.3 Å². The van der Waals surface area contributed by atoms with Crippen molar-refractivity contribution < 1.29 is 4.84 Å².